The summed E-state index contributed by atoms with van der Waals surface area (Å²) in [6.07, 6.45) is 0. The van der Waals surface area contributed by atoms with Crippen LogP contribution < -0.4 is 14.8 Å². The molecule has 0 saturated carbocycles. The lowest BCUT2D eigenvalue weighted by molar-refractivity contribution is 0.0709. The molecule has 27 heavy (non-hydrogen) atoms. The number of aryl methyl sites for hydroxylation is 1. The number of benzene rings is 2. The molecule has 0 radical (unpaired) electrons. The summed E-state index contributed by atoms with van der Waals surface area (Å²) in [5.41, 5.74) is 3.03. The second-order valence-corrected chi connectivity index (χ2v) is 7.38. The van der Waals surface area contributed by atoms with Crippen LogP contribution in [0.4, 0.5) is 0 Å². The molecular weight excluding hydrogens is 340 g/mol. The highest BCUT2D eigenvalue weighted by Gasteiger charge is 2.47. The highest BCUT2D eigenvalue weighted by Crippen LogP contribution is 2.45. The maximum atomic E-state index is 13.6. The van der Waals surface area contributed by atoms with E-state index in [1.165, 1.54) is 11.1 Å². The predicted molar refractivity (Wildman–Crippen MR) is 104 cm³/mol. The summed E-state index contributed by atoms with van der Waals surface area (Å²) in [7, 11) is 3.17. The van der Waals surface area contributed by atoms with E-state index in [0.717, 1.165) is 19.6 Å². The van der Waals surface area contributed by atoms with Crippen LogP contribution in [0.25, 0.3) is 0 Å². The molecule has 2 aromatic rings. The molecule has 2 saturated heterocycles. The molecule has 2 aliphatic rings. The maximum Gasteiger partial charge on any atom is 0.258 e. The number of carbonyl (C=O) groups excluding carboxylic acids is 1. The molecule has 142 valence electrons. The summed E-state index contributed by atoms with van der Waals surface area (Å²) in [6.45, 7) is 4.80. The van der Waals surface area contributed by atoms with Crippen molar-refractivity contribution in [3.05, 3.63) is 59.2 Å². The average molecular weight is 366 g/mol. The van der Waals surface area contributed by atoms with Gasteiger partial charge in [-0.3, -0.25) is 4.79 Å². The molecule has 0 aromatic heterocycles. The largest absolute Gasteiger partial charge is 0.493 e. The normalized spacial score (nSPS) is 24.0. The van der Waals surface area contributed by atoms with Crippen LogP contribution in [0.5, 0.6) is 11.5 Å². The van der Waals surface area contributed by atoms with E-state index in [1.54, 1.807) is 14.2 Å². The van der Waals surface area contributed by atoms with E-state index >= 15 is 0 Å². The number of likely N-dealkylation sites (tertiary alicyclic amines) is 1. The third kappa shape index (κ3) is 2.96. The van der Waals surface area contributed by atoms with E-state index in [2.05, 4.69) is 36.5 Å². The molecular formula is C22H26N2O3. The fourth-order valence-corrected chi connectivity index (χ4v) is 4.66. The Kier molecular flexibility index (Phi) is 4.79. The molecule has 5 nitrogen and oxygen atoms in total. The molecule has 2 aromatic carbocycles. The number of nitrogens with zero attached hydrogens (tertiary/aromatic N) is 1. The summed E-state index contributed by atoms with van der Waals surface area (Å²) >= 11 is 0. The minimum absolute atomic E-state index is 0.00778. The highest BCUT2D eigenvalue weighted by atomic mass is 16.5. The van der Waals surface area contributed by atoms with Crippen LogP contribution in [-0.2, 0) is 0 Å². The Hall–Kier alpha value is -2.53. The van der Waals surface area contributed by atoms with Gasteiger partial charge in [-0.15, -0.1) is 0 Å². The molecule has 0 aliphatic carbocycles. The quantitative estimate of drug-likeness (QED) is 0.904. The first-order chi connectivity index (χ1) is 13.2. The molecule has 2 aliphatic heterocycles. The van der Waals surface area contributed by atoms with Crippen molar-refractivity contribution in [2.45, 2.75) is 13.0 Å². The van der Waals surface area contributed by atoms with Gasteiger partial charge < -0.3 is 19.7 Å². The van der Waals surface area contributed by atoms with Gasteiger partial charge in [-0.2, -0.15) is 0 Å². The maximum absolute atomic E-state index is 13.6. The molecule has 1 N–H and O–H groups in total. The van der Waals surface area contributed by atoms with Crippen LogP contribution in [0.15, 0.2) is 42.5 Å². The average Bonchev–Trinajstić information content (AvgIpc) is 3.28. The van der Waals surface area contributed by atoms with Crippen molar-refractivity contribution in [2.24, 2.45) is 11.8 Å². The van der Waals surface area contributed by atoms with E-state index in [0.29, 0.717) is 28.9 Å². The van der Waals surface area contributed by atoms with Gasteiger partial charge in [0, 0.05) is 25.6 Å². The molecule has 2 fully saturated rings. The lowest BCUT2D eigenvalue weighted by Crippen LogP contribution is -2.35. The van der Waals surface area contributed by atoms with Crippen molar-refractivity contribution < 1.29 is 14.3 Å². The number of hydrogen-bond acceptors (Lipinski definition) is 4. The summed E-state index contributed by atoms with van der Waals surface area (Å²) in [5.74, 6) is 2.01. The lowest BCUT2D eigenvalue weighted by Gasteiger charge is -2.30. The Balaban J connectivity index is 1.76. The molecule has 2 heterocycles. The third-order valence-corrected chi connectivity index (χ3v) is 5.97. The van der Waals surface area contributed by atoms with E-state index in [-0.39, 0.29) is 11.9 Å². The topological polar surface area (TPSA) is 50.8 Å². The first-order valence-corrected chi connectivity index (χ1v) is 9.44. The fraction of sp³-hybridized carbons (Fsp3) is 0.409. The Morgan fingerprint density at radius 3 is 2.63 bits per heavy atom. The van der Waals surface area contributed by atoms with Crippen molar-refractivity contribution in [1.82, 2.24) is 10.2 Å². The number of amides is 1. The van der Waals surface area contributed by atoms with Gasteiger partial charge in [0.05, 0.1) is 25.8 Å². The van der Waals surface area contributed by atoms with Crippen LogP contribution in [0.3, 0.4) is 0 Å². The highest BCUT2D eigenvalue weighted by molar-refractivity contribution is 5.98. The first-order valence-electron chi connectivity index (χ1n) is 9.44. The van der Waals surface area contributed by atoms with Crippen LogP contribution in [-0.4, -0.2) is 44.7 Å². The van der Waals surface area contributed by atoms with Crippen molar-refractivity contribution in [3.63, 3.8) is 0 Å². The monoisotopic (exact) mass is 366 g/mol. The lowest BCUT2D eigenvalue weighted by atomic mass is 9.87. The molecule has 4 rings (SSSR count). The molecule has 0 unspecified atom stereocenters. The summed E-state index contributed by atoms with van der Waals surface area (Å²) in [6, 6.07) is 14.0. The number of fused-ring (bicyclic) bond motifs is 1. The number of para-hydroxylation sites is 1. The number of methoxy groups -OCH3 is 2. The van der Waals surface area contributed by atoms with E-state index < -0.39 is 0 Å². The van der Waals surface area contributed by atoms with Gasteiger partial charge in [0.25, 0.3) is 5.91 Å². The van der Waals surface area contributed by atoms with Crippen LogP contribution in [0, 0.1) is 18.8 Å². The first kappa shape index (κ1) is 17.9. The molecule has 1 amide bonds. The molecule has 5 heteroatoms. The second-order valence-electron chi connectivity index (χ2n) is 7.38. The molecule has 0 bridgehead atoms. The van der Waals surface area contributed by atoms with Gasteiger partial charge in [0.15, 0.2) is 11.5 Å². The number of nitrogens with one attached hydrogen (secondary N) is 1. The van der Waals surface area contributed by atoms with Gasteiger partial charge in [0.2, 0.25) is 0 Å². The van der Waals surface area contributed by atoms with Gasteiger partial charge in [-0.1, -0.05) is 30.3 Å². The SMILES string of the molecule is COc1cccc(C(=O)N2C[C@@H]3CNC[C@@H]3[C@@H]2c2ccccc2C)c1OC. The Morgan fingerprint density at radius 2 is 1.89 bits per heavy atom. The van der Waals surface area contributed by atoms with Crippen molar-refractivity contribution in [1.29, 1.82) is 0 Å². The van der Waals surface area contributed by atoms with E-state index in [1.807, 2.05) is 23.1 Å². The van der Waals surface area contributed by atoms with Gasteiger partial charge in [0.1, 0.15) is 0 Å². The van der Waals surface area contributed by atoms with Crippen molar-refractivity contribution >= 4 is 5.91 Å². The standard InChI is InChI=1S/C22H26N2O3/c1-14-7-4-5-8-16(14)20-18-12-23-11-15(18)13-24(20)22(25)17-9-6-10-19(26-2)21(17)27-3/h4-10,15,18,20,23H,11-13H2,1-3H3/t15-,18-,20-/m0/s1. The van der Waals surface area contributed by atoms with Gasteiger partial charge in [-0.05, 0) is 36.1 Å². The van der Waals surface area contributed by atoms with E-state index in [9.17, 15) is 4.79 Å². The Morgan fingerprint density at radius 1 is 1.07 bits per heavy atom. The van der Waals surface area contributed by atoms with Crippen LogP contribution >= 0.6 is 0 Å². The second kappa shape index (κ2) is 7.24. The van der Waals surface area contributed by atoms with Gasteiger partial charge >= 0.3 is 0 Å². The minimum atomic E-state index is 0.00778. The van der Waals surface area contributed by atoms with Crippen LogP contribution in [0.2, 0.25) is 0 Å². The smallest absolute Gasteiger partial charge is 0.258 e. The predicted octanol–water partition coefficient (Wildman–Crippen LogP) is 3.04. The Bertz CT molecular complexity index is 851. The fourth-order valence-electron chi connectivity index (χ4n) is 4.66. The van der Waals surface area contributed by atoms with Crippen molar-refractivity contribution in [2.75, 3.05) is 33.9 Å². The molecule has 3 atom stereocenters. The minimum Gasteiger partial charge on any atom is -0.493 e. The Labute approximate surface area is 160 Å². The van der Waals surface area contributed by atoms with Crippen LogP contribution in [0.1, 0.15) is 27.5 Å². The zero-order valence-electron chi connectivity index (χ0n) is 16.1. The zero-order valence-corrected chi connectivity index (χ0v) is 16.1. The summed E-state index contributed by atoms with van der Waals surface area (Å²) in [4.78, 5) is 15.6. The summed E-state index contributed by atoms with van der Waals surface area (Å²) in [5, 5.41) is 3.50. The number of rotatable bonds is 4. The number of hydrogen-bond donors (Lipinski definition) is 1. The van der Waals surface area contributed by atoms with E-state index in [4.69, 9.17) is 9.47 Å². The van der Waals surface area contributed by atoms with Gasteiger partial charge in [-0.25, -0.2) is 0 Å². The third-order valence-electron chi connectivity index (χ3n) is 5.97. The summed E-state index contributed by atoms with van der Waals surface area (Å²) < 4.78 is 10.9. The zero-order chi connectivity index (χ0) is 19.0. The van der Waals surface area contributed by atoms with Crippen molar-refractivity contribution in [3.8, 4) is 11.5 Å². The molecule has 0 spiro atoms. The number of ether oxygens (including phenoxy) is 2. The number of carbonyl (C=O) groups is 1.